The van der Waals surface area contributed by atoms with E-state index in [0.717, 1.165) is 50.3 Å². The van der Waals surface area contributed by atoms with Gasteiger partial charge in [-0.15, -0.1) is 0 Å². The van der Waals surface area contributed by atoms with E-state index in [1.165, 1.54) is 5.56 Å². The number of hydrogen-bond donors (Lipinski definition) is 1. The Morgan fingerprint density at radius 2 is 2.17 bits per heavy atom. The zero-order valence-corrected chi connectivity index (χ0v) is 17.3. The van der Waals surface area contributed by atoms with Crippen molar-refractivity contribution in [2.45, 2.75) is 38.4 Å². The largest absolute Gasteiger partial charge is 0.496 e. The molecule has 0 saturated carbocycles. The van der Waals surface area contributed by atoms with Crippen LogP contribution in [0.1, 0.15) is 30.4 Å². The number of piperidine rings is 2. The second-order valence-electron chi connectivity index (χ2n) is 8.40. The summed E-state index contributed by atoms with van der Waals surface area (Å²) in [6.07, 6.45) is 6.20. The minimum atomic E-state index is -0.625. The molecule has 3 heterocycles. The molecule has 2 aliphatic heterocycles. The first-order valence-electron chi connectivity index (χ1n) is 10.3. The van der Waals surface area contributed by atoms with Crippen molar-refractivity contribution in [1.29, 1.82) is 0 Å². The van der Waals surface area contributed by atoms with Crippen LogP contribution in [0.5, 0.6) is 5.75 Å². The third kappa shape index (κ3) is 3.89. The first-order chi connectivity index (χ1) is 14.0. The Labute approximate surface area is 171 Å². The number of hydrogen-bond acceptors (Lipinski definition) is 5. The molecule has 0 bridgehead atoms. The Bertz CT molecular complexity index is 854. The molecule has 1 N–H and O–H groups in total. The molecule has 0 unspecified atom stereocenters. The summed E-state index contributed by atoms with van der Waals surface area (Å²) in [6, 6.07) is 8.30. The Kier molecular flexibility index (Phi) is 5.61. The lowest BCUT2D eigenvalue weighted by molar-refractivity contribution is -0.162. The number of ether oxygens (including phenoxy) is 1. The van der Waals surface area contributed by atoms with E-state index < -0.39 is 11.4 Å². The molecule has 0 spiro atoms. The smallest absolute Gasteiger partial charge is 0.311 e. The van der Waals surface area contributed by atoms with Crippen LogP contribution in [0.2, 0.25) is 0 Å². The van der Waals surface area contributed by atoms with E-state index in [-0.39, 0.29) is 6.04 Å². The molecule has 1 aromatic carbocycles. The molecule has 0 radical (unpaired) electrons. The van der Waals surface area contributed by atoms with Crippen molar-refractivity contribution in [2.24, 2.45) is 5.41 Å². The van der Waals surface area contributed by atoms with E-state index in [9.17, 15) is 9.90 Å². The lowest BCUT2D eigenvalue weighted by Gasteiger charge is -2.51. The minimum absolute atomic E-state index is 0.0734. The van der Waals surface area contributed by atoms with Crippen molar-refractivity contribution in [3.05, 3.63) is 47.8 Å². The van der Waals surface area contributed by atoms with Crippen molar-refractivity contribution in [3.8, 4) is 5.75 Å². The molecular formula is C22H30N4O3. The maximum absolute atomic E-state index is 12.1. The molecule has 2 atom stereocenters. The molecule has 0 aliphatic carbocycles. The second kappa shape index (κ2) is 8.16. The van der Waals surface area contributed by atoms with Crippen LogP contribution in [0.25, 0.3) is 0 Å². The van der Waals surface area contributed by atoms with Crippen LogP contribution in [-0.2, 0) is 17.9 Å². The number of benzene rings is 1. The van der Waals surface area contributed by atoms with Gasteiger partial charge in [0.1, 0.15) is 5.75 Å². The number of rotatable bonds is 6. The van der Waals surface area contributed by atoms with Crippen molar-refractivity contribution >= 4 is 5.97 Å². The highest BCUT2D eigenvalue weighted by Crippen LogP contribution is 2.42. The number of likely N-dealkylation sites (tertiary alicyclic amines) is 2. The topological polar surface area (TPSA) is 70.8 Å². The summed E-state index contributed by atoms with van der Waals surface area (Å²) in [5.41, 5.74) is 1.73. The van der Waals surface area contributed by atoms with Gasteiger partial charge in [0.05, 0.1) is 19.1 Å². The number of aromatic nitrogens is 2. The number of nitrogens with zero attached hydrogens (tertiary/aromatic N) is 4. The van der Waals surface area contributed by atoms with E-state index in [4.69, 9.17) is 4.74 Å². The van der Waals surface area contributed by atoms with Crippen LogP contribution in [0.4, 0.5) is 0 Å². The van der Waals surface area contributed by atoms with Crippen LogP contribution < -0.4 is 4.74 Å². The van der Waals surface area contributed by atoms with Gasteiger partial charge in [-0.3, -0.25) is 14.4 Å². The molecule has 7 heteroatoms. The second-order valence-corrected chi connectivity index (χ2v) is 8.40. The minimum Gasteiger partial charge on any atom is -0.496 e. The van der Waals surface area contributed by atoms with Gasteiger partial charge in [-0.05, 0) is 63.2 Å². The van der Waals surface area contributed by atoms with Gasteiger partial charge in [0.2, 0.25) is 0 Å². The number of carboxylic acids is 1. The van der Waals surface area contributed by atoms with E-state index in [0.29, 0.717) is 13.0 Å². The molecule has 0 amide bonds. The van der Waals surface area contributed by atoms with E-state index >= 15 is 0 Å². The third-order valence-electron chi connectivity index (χ3n) is 6.68. The van der Waals surface area contributed by atoms with Crippen LogP contribution in [0, 0.1) is 5.41 Å². The maximum atomic E-state index is 12.1. The van der Waals surface area contributed by atoms with E-state index in [2.05, 4.69) is 34.1 Å². The van der Waals surface area contributed by atoms with Crippen LogP contribution in [0.15, 0.2) is 36.7 Å². The Morgan fingerprint density at radius 3 is 2.90 bits per heavy atom. The van der Waals surface area contributed by atoms with Gasteiger partial charge in [0, 0.05) is 37.1 Å². The summed E-state index contributed by atoms with van der Waals surface area (Å²) in [7, 11) is 3.76. The molecule has 2 aromatic rings. The van der Waals surface area contributed by atoms with Gasteiger partial charge >= 0.3 is 5.97 Å². The number of aliphatic carboxylic acids is 1. The van der Waals surface area contributed by atoms with Crippen LogP contribution >= 0.6 is 0 Å². The average molecular weight is 399 g/mol. The van der Waals surface area contributed by atoms with Gasteiger partial charge in [-0.25, -0.2) is 0 Å². The summed E-state index contributed by atoms with van der Waals surface area (Å²) in [5.74, 6) is 0.236. The first-order valence-corrected chi connectivity index (χ1v) is 10.3. The highest BCUT2D eigenvalue weighted by molar-refractivity contribution is 5.76. The molecule has 4 rings (SSSR count). The molecular weight excluding hydrogens is 368 g/mol. The van der Waals surface area contributed by atoms with Crippen molar-refractivity contribution in [3.63, 3.8) is 0 Å². The van der Waals surface area contributed by atoms with Gasteiger partial charge in [-0.2, -0.15) is 5.10 Å². The normalized spacial score (nSPS) is 25.5. The summed E-state index contributed by atoms with van der Waals surface area (Å²) >= 11 is 0. The lowest BCUT2D eigenvalue weighted by atomic mass is 9.68. The fourth-order valence-electron chi connectivity index (χ4n) is 5.07. The van der Waals surface area contributed by atoms with Gasteiger partial charge in [-0.1, -0.05) is 6.07 Å². The summed E-state index contributed by atoms with van der Waals surface area (Å²) in [5, 5.41) is 14.3. The Hall–Kier alpha value is -2.38. The molecule has 2 aliphatic rings. The highest BCUT2D eigenvalue weighted by atomic mass is 16.5. The van der Waals surface area contributed by atoms with Gasteiger partial charge < -0.3 is 14.7 Å². The number of carbonyl (C=O) groups is 1. The molecule has 156 valence electrons. The number of likely N-dealkylation sites (N-methyl/N-ethyl adjacent to an activating group) is 1. The van der Waals surface area contributed by atoms with E-state index in [1.807, 2.05) is 23.0 Å². The molecule has 1 aromatic heterocycles. The average Bonchev–Trinajstić information content (AvgIpc) is 3.22. The zero-order chi connectivity index (χ0) is 20.4. The quantitative estimate of drug-likeness (QED) is 0.805. The maximum Gasteiger partial charge on any atom is 0.311 e. The number of fused-ring (bicyclic) bond motifs is 1. The molecule has 2 saturated heterocycles. The Morgan fingerprint density at radius 1 is 1.31 bits per heavy atom. The van der Waals surface area contributed by atoms with Crippen LogP contribution in [-0.4, -0.2) is 70.5 Å². The van der Waals surface area contributed by atoms with Gasteiger partial charge in [0.25, 0.3) is 0 Å². The van der Waals surface area contributed by atoms with Crippen molar-refractivity contribution in [2.75, 3.05) is 33.8 Å². The van der Waals surface area contributed by atoms with Crippen molar-refractivity contribution in [1.82, 2.24) is 19.6 Å². The number of carboxylic acid groups (broad SMARTS) is 1. The fraction of sp³-hybridized carbons (Fsp3) is 0.545. The molecule has 2 fully saturated rings. The van der Waals surface area contributed by atoms with Gasteiger partial charge in [0.15, 0.2) is 0 Å². The van der Waals surface area contributed by atoms with Crippen molar-refractivity contribution < 1.29 is 14.6 Å². The first kappa shape index (κ1) is 19.9. The zero-order valence-electron chi connectivity index (χ0n) is 17.3. The standard InChI is InChI=1S/C22H30N4O3/c1-24-10-3-7-22(21(27)28)8-12-25(16-20(22)24)14-17-5-6-19(29-2)18(13-17)15-26-11-4-9-23-26/h4-6,9,11,13,20H,3,7-8,10,12,14-16H2,1-2H3,(H,27,28)/t20-,22+/m1/s1. The predicted octanol–water partition coefficient (Wildman–Crippen LogP) is 2.31. The van der Waals surface area contributed by atoms with E-state index in [1.54, 1.807) is 13.3 Å². The summed E-state index contributed by atoms with van der Waals surface area (Å²) in [4.78, 5) is 16.8. The van der Waals surface area contributed by atoms with Crippen LogP contribution in [0.3, 0.4) is 0 Å². The molecule has 29 heavy (non-hydrogen) atoms. The SMILES string of the molecule is COc1ccc(CN2CC[C@@]3(C(=O)O)CCCN(C)[C@@H]3C2)cc1Cn1cccn1. The summed E-state index contributed by atoms with van der Waals surface area (Å²) < 4.78 is 7.43. The highest BCUT2D eigenvalue weighted by Gasteiger charge is 2.52. The monoisotopic (exact) mass is 398 g/mol. The fourth-order valence-corrected chi connectivity index (χ4v) is 5.07. The third-order valence-corrected chi connectivity index (χ3v) is 6.68. The summed E-state index contributed by atoms with van der Waals surface area (Å²) in [6.45, 7) is 4.07. The molecule has 7 nitrogen and oxygen atoms in total. The lowest BCUT2D eigenvalue weighted by Crippen LogP contribution is -2.62. The predicted molar refractivity (Wildman–Crippen MR) is 110 cm³/mol. The number of methoxy groups -OCH3 is 1. The Balaban J connectivity index is 1.50.